The molecule has 2 atom stereocenters. The second kappa shape index (κ2) is 4.74. The maximum atomic E-state index is 11.5. The lowest BCUT2D eigenvalue weighted by atomic mass is 9.70. The Balaban J connectivity index is 5.35. The summed E-state index contributed by atoms with van der Waals surface area (Å²) in [6, 6.07) is 0. The highest BCUT2D eigenvalue weighted by atomic mass is 32.2. The van der Waals surface area contributed by atoms with Crippen LogP contribution in [-0.2, 0) is 4.79 Å². The van der Waals surface area contributed by atoms with Crippen LogP contribution in [0.15, 0.2) is 0 Å². The summed E-state index contributed by atoms with van der Waals surface area (Å²) in [5.41, 5.74) is -1.16. The summed E-state index contributed by atoms with van der Waals surface area (Å²) < 4.78 is 0. The van der Waals surface area contributed by atoms with E-state index in [0.717, 1.165) is 0 Å². The van der Waals surface area contributed by atoms with Crippen LogP contribution >= 0.6 is 11.8 Å². The van der Waals surface area contributed by atoms with Gasteiger partial charge >= 0.3 is 5.97 Å². The molecule has 0 aromatic rings. The fourth-order valence-electron chi connectivity index (χ4n) is 1.73. The zero-order chi connectivity index (χ0) is 12.4. The van der Waals surface area contributed by atoms with Gasteiger partial charge in [0.15, 0.2) is 0 Å². The average Bonchev–Trinajstić information content (AvgIpc) is 2.13. The highest BCUT2D eigenvalue weighted by Gasteiger charge is 2.51. The molecule has 15 heavy (non-hydrogen) atoms. The number of rotatable bonds is 5. The fourth-order valence-corrected chi connectivity index (χ4v) is 2.55. The molecule has 4 heteroatoms. The van der Waals surface area contributed by atoms with Crippen molar-refractivity contribution in [1.82, 2.24) is 4.90 Å². The standard InChI is InChI=1S/C11H23NO2S/c1-8(15-7)10(2,3)11(4,9(13)14)12(5)6/h8H,1-7H3,(H,13,14)/t8?,11-/m1/s1. The minimum atomic E-state index is -0.852. The Morgan fingerprint density at radius 2 is 1.73 bits per heavy atom. The molecule has 0 aliphatic carbocycles. The second-order valence-corrected chi connectivity index (χ2v) is 6.05. The molecule has 0 fully saturated rings. The summed E-state index contributed by atoms with van der Waals surface area (Å²) in [5.74, 6) is -0.765. The van der Waals surface area contributed by atoms with Gasteiger partial charge in [-0.3, -0.25) is 9.69 Å². The van der Waals surface area contributed by atoms with Gasteiger partial charge in [0.1, 0.15) is 5.54 Å². The van der Waals surface area contributed by atoms with Gasteiger partial charge < -0.3 is 5.11 Å². The third kappa shape index (κ3) is 2.31. The molecule has 0 saturated heterocycles. The summed E-state index contributed by atoms with van der Waals surface area (Å²) in [6.45, 7) is 7.90. The van der Waals surface area contributed by atoms with E-state index in [4.69, 9.17) is 0 Å². The Morgan fingerprint density at radius 1 is 1.33 bits per heavy atom. The topological polar surface area (TPSA) is 40.5 Å². The number of likely N-dealkylation sites (N-methyl/N-ethyl adjacent to an activating group) is 1. The van der Waals surface area contributed by atoms with Gasteiger partial charge in [-0.25, -0.2) is 0 Å². The molecule has 0 heterocycles. The highest BCUT2D eigenvalue weighted by Crippen LogP contribution is 2.42. The Hall–Kier alpha value is -0.220. The predicted octanol–water partition coefficient (Wildman–Crippen LogP) is 2.17. The van der Waals surface area contributed by atoms with Gasteiger partial charge in [0.05, 0.1) is 0 Å². The Labute approximate surface area is 97.2 Å². The second-order valence-electron chi connectivity index (χ2n) is 4.87. The van der Waals surface area contributed by atoms with Crippen LogP contribution in [0.3, 0.4) is 0 Å². The molecule has 0 bridgehead atoms. The van der Waals surface area contributed by atoms with E-state index in [0.29, 0.717) is 0 Å². The number of nitrogens with zero attached hydrogens (tertiary/aromatic N) is 1. The van der Waals surface area contributed by atoms with E-state index < -0.39 is 11.5 Å². The van der Waals surface area contributed by atoms with Gasteiger partial charge in [-0.2, -0.15) is 11.8 Å². The van der Waals surface area contributed by atoms with Crippen LogP contribution < -0.4 is 0 Å². The molecule has 0 rings (SSSR count). The third-order valence-electron chi connectivity index (χ3n) is 3.94. The fraction of sp³-hybridized carbons (Fsp3) is 0.909. The molecule has 1 unspecified atom stereocenters. The summed E-state index contributed by atoms with van der Waals surface area (Å²) in [5, 5.41) is 9.71. The van der Waals surface area contributed by atoms with Crippen molar-refractivity contribution in [2.75, 3.05) is 20.4 Å². The molecule has 1 N–H and O–H groups in total. The van der Waals surface area contributed by atoms with Crippen LogP contribution in [0.5, 0.6) is 0 Å². The van der Waals surface area contributed by atoms with Crippen LogP contribution in [0.25, 0.3) is 0 Å². The van der Waals surface area contributed by atoms with Crippen LogP contribution in [0.1, 0.15) is 27.7 Å². The van der Waals surface area contributed by atoms with Gasteiger partial charge in [0.2, 0.25) is 0 Å². The largest absolute Gasteiger partial charge is 0.480 e. The van der Waals surface area contributed by atoms with E-state index in [1.54, 1.807) is 23.6 Å². The molecule has 0 aromatic carbocycles. The summed E-state index contributed by atoms with van der Waals surface area (Å²) in [4.78, 5) is 13.3. The Bertz CT molecular complexity index is 241. The summed E-state index contributed by atoms with van der Waals surface area (Å²) >= 11 is 1.70. The monoisotopic (exact) mass is 233 g/mol. The molecule has 90 valence electrons. The molecule has 0 radical (unpaired) electrons. The van der Waals surface area contributed by atoms with Crippen LogP contribution in [0, 0.1) is 5.41 Å². The number of hydrogen-bond acceptors (Lipinski definition) is 3. The molecule has 0 aromatic heterocycles. The predicted molar refractivity (Wildman–Crippen MR) is 66.5 cm³/mol. The van der Waals surface area contributed by atoms with E-state index in [1.165, 1.54) is 0 Å². The lowest BCUT2D eigenvalue weighted by Gasteiger charge is -2.48. The highest BCUT2D eigenvalue weighted by molar-refractivity contribution is 7.99. The zero-order valence-electron chi connectivity index (χ0n) is 10.8. The van der Waals surface area contributed by atoms with Crippen molar-refractivity contribution >= 4 is 17.7 Å². The minimum Gasteiger partial charge on any atom is -0.480 e. The van der Waals surface area contributed by atoms with Crippen molar-refractivity contribution in [3.8, 4) is 0 Å². The first-order valence-corrected chi connectivity index (χ1v) is 6.34. The van der Waals surface area contributed by atoms with Crippen molar-refractivity contribution in [1.29, 1.82) is 0 Å². The molecule has 0 aliphatic heterocycles. The number of aliphatic carboxylic acids is 1. The molecular weight excluding hydrogens is 210 g/mol. The SMILES string of the molecule is CSC(C)C(C)(C)[C@@](C)(C(=O)O)N(C)C. The van der Waals surface area contributed by atoms with E-state index >= 15 is 0 Å². The smallest absolute Gasteiger partial charge is 0.324 e. The first-order valence-electron chi connectivity index (χ1n) is 5.06. The normalized spacial score (nSPS) is 18.7. The zero-order valence-corrected chi connectivity index (χ0v) is 11.6. The number of hydrogen-bond donors (Lipinski definition) is 1. The number of carbonyl (C=O) groups is 1. The van der Waals surface area contributed by atoms with E-state index in [9.17, 15) is 9.90 Å². The molecule has 0 aliphatic rings. The maximum Gasteiger partial charge on any atom is 0.324 e. The quantitative estimate of drug-likeness (QED) is 0.790. The average molecular weight is 233 g/mol. The van der Waals surface area contributed by atoms with Gasteiger partial charge in [-0.1, -0.05) is 20.8 Å². The van der Waals surface area contributed by atoms with E-state index in [1.807, 2.05) is 34.2 Å². The first kappa shape index (κ1) is 14.8. The molecule has 0 spiro atoms. The maximum absolute atomic E-state index is 11.5. The van der Waals surface area contributed by atoms with Gasteiger partial charge in [0.25, 0.3) is 0 Å². The summed E-state index contributed by atoms with van der Waals surface area (Å²) in [6.07, 6.45) is 2.02. The first-order chi connectivity index (χ1) is 6.62. The van der Waals surface area contributed by atoms with E-state index in [2.05, 4.69) is 6.92 Å². The Kier molecular flexibility index (Phi) is 4.67. The Morgan fingerprint density at radius 3 is 1.93 bits per heavy atom. The van der Waals surface area contributed by atoms with E-state index in [-0.39, 0.29) is 10.7 Å². The van der Waals surface area contributed by atoms with Crippen molar-refractivity contribution in [2.24, 2.45) is 5.41 Å². The number of thioether (sulfide) groups is 1. The number of carboxylic acids is 1. The lowest BCUT2D eigenvalue weighted by molar-refractivity contribution is -0.156. The molecular formula is C11H23NO2S. The van der Waals surface area contributed by atoms with Crippen molar-refractivity contribution < 1.29 is 9.90 Å². The van der Waals surface area contributed by atoms with Crippen LogP contribution in [-0.4, -0.2) is 47.1 Å². The van der Waals surface area contributed by atoms with Gasteiger partial charge in [-0.05, 0) is 27.3 Å². The minimum absolute atomic E-state index is 0.279. The van der Waals surface area contributed by atoms with Crippen LogP contribution in [0.2, 0.25) is 0 Å². The number of carboxylic acid groups (broad SMARTS) is 1. The van der Waals surface area contributed by atoms with Crippen molar-refractivity contribution in [3.63, 3.8) is 0 Å². The third-order valence-corrected chi connectivity index (χ3v) is 5.23. The van der Waals surface area contributed by atoms with Crippen LogP contribution in [0.4, 0.5) is 0 Å². The lowest BCUT2D eigenvalue weighted by Crippen LogP contribution is -2.61. The molecule has 3 nitrogen and oxygen atoms in total. The van der Waals surface area contributed by atoms with Gasteiger partial charge in [0, 0.05) is 10.7 Å². The van der Waals surface area contributed by atoms with Crippen molar-refractivity contribution in [2.45, 2.75) is 38.5 Å². The summed E-state index contributed by atoms with van der Waals surface area (Å²) in [7, 11) is 3.64. The molecule has 0 amide bonds. The molecule has 0 saturated carbocycles. The van der Waals surface area contributed by atoms with Crippen molar-refractivity contribution in [3.05, 3.63) is 0 Å². The van der Waals surface area contributed by atoms with Gasteiger partial charge in [-0.15, -0.1) is 0 Å².